The number of ether oxygens (including phenoxy) is 1. The van der Waals surface area contributed by atoms with Crippen LogP contribution in [-0.4, -0.2) is 16.9 Å². The molecule has 5 heteroatoms. The van der Waals surface area contributed by atoms with Crippen LogP contribution in [0.2, 0.25) is 0 Å². The molecule has 0 aliphatic carbocycles. The van der Waals surface area contributed by atoms with Crippen molar-refractivity contribution in [1.29, 1.82) is 5.26 Å². The summed E-state index contributed by atoms with van der Waals surface area (Å²) in [5.41, 5.74) is 1.67. The Labute approximate surface area is 110 Å². The molecule has 92 valence electrons. The summed E-state index contributed by atoms with van der Waals surface area (Å²) in [6.45, 7) is 0. The lowest BCUT2D eigenvalue weighted by Crippen LogP contribution is -1.90. The first kappa shape index (κ1) is 12.5. The lowest BCUT2D eigenvalue weighted by Gasteiger charge is -2.05. The van der Waals surface area contributed by atoms with Crippen LogP contribution in [-0.2, 0) is 12.8 Å². The number of hydrogen-bond donors (Lipinski definition) is 0. The van der Waals surface area contributed by atoms with E-state index in [1.165, 1.54) is 0 Å². The third kappa shape index (κ3) is 2.84. The molecule has 2 rings (SSSR count). The van der Waals surface area contributed by atoms with Crippen LogP contribution in [0.15, 0.2) is 35.5 Å². The summed E-state index contributed by atoms with van der Waals surface area (Å²) in [6, 6.07) is 7.81. The zero-order valence-corrected chi connectivity index (χ0v) is 11.1. The van der Waals surface area contributed by atoms with Gasteiger partial charge in [-0.05, 0) is 17.7 Å². The van der Waals surface area contributed by atoms with Crippen LogP contribution >= 0.6 is 11.8 Å². The molecule has 0 aliphatic heterocycles. The molecule has 0 amide bonds. The van der Waals surface area contributed by atoms with Crippen LogP contribution in [0.1, 0.15) is 11.1 Å². The van der Waals surface area contributed by atoms with Crippen molar-refractivity contribution in [2.45, 2.75) is 10.6 Å². The quantitative estimate of drug-likeness (QED) is 0.792. The number of hydrogen-bond acceptors (Lipinski definition) is 4. The fourth-order valence-electron chi connectivity index (χ4n) is 1.57. The molecule has 0 atom stereocenters. The van der Waals surface area contributed by atoms with Gasteiger partial charge in [0.15, 0.2) is 0 Å². The minimum atomic E-state index is 0.571. The second kappa shape index (κ2) is 5.61. The standard InChI is InChI=1S/C13H13N3OS/c1-16-8-12(7-15-16)18-9-10-3-4-13(17-2)11(5-10)6-14/h3-5,7-8H,9H2,1-2H3. The monoisotopic (exact) mass is 259 g/mol. The Balaban J connectivity index is 2.08. The largest absolute Gasteiger partial charge is 0.495 e. The average Bonchev–Trinajstić information content (AvgIpc) is 2.81. The molecule has 4 nitrogen and oxygen atoms in total. The van der Waals surface area contributed by atoms with E-state index in [2.05, 4.69) is 11.2 Å². The van der Waals surface area contributed by atoms with Gasteiger partial charge in [0.05, 0.1) is 18.9 Å². The molecule has 0 unspecified atom stereocenters. The third-order valence-electron chi connectivity index (χ3n) is 2.47. The van der Waals surface area contributed by atoms with E-state index in [1.54, 1.807) is 23.6 Å². The SMILES string of the molecule is COc1ccc(CSc2cnn(C)c2)cc1C#N. The first-order valence-corrected chi connectivity index (χ1v) is 6.40. The molecule has 1 aromatic heterocycles. The summed E-state index contributed by atoms with van der Waals surface area (Å²) in [4.78, 5) is 1.12. The lowest BCUT2D eigenvalue weighted by atomic mass is 10.1. The maximum Gasteiger partial charge on any atom is 0.136 e. The predicted molar refractivity (Wildman–Crippen MR) is 70.5 cm³/mol. The second-order valence-corrected chi connectivity index (χ2v) is 4.83. The molecule has 0 saturated heterocycles. The highest BCUT2D eigenvalue weighted by molar-refractivity contribution is 7.98. The van der Waals surface area contributed by atoms with Crippen molar-refractivity contribution in [3.8, 4) is 11.8 Å². The van der Waals surface area contributed by atoms with Gasteiger partial charge >= 0.3 is 0 Å². The number of methoxy groups -OCH3 is 1. The Kier molecular flexibility index (Phi) is 3.90. The molecule has 0 radical (unpaired) electrons. The van der Waals surface area contributed by atoms with E-state index in [1.807, 2.05) is 37.6 Å². The number of nitrogens with zero attached hydrogens (tertiary/aromatic N) is 3. The van der Waals surface area contributed by atoms with Gasteiger partial charge in [-0.2, -0.15) is 10.4 Å². The van der Waals surface area contributed by atoms with E-state index in [-0.39, 0.29) is 0 Å². The molecule has 1 heterocycles. The Bertz CT molecular complexity index is 586. The van der Waals surface area contributed by atoms with Crippen LogP contribution in [0.4, 0.5) is 0 Å². The number of aryl methyl sites for hydroxylation is 1. The zero-order chi connectivity index (χ0) is 13.0. The van der Waals surface area contributed by atoms with E-state index < -0.39 is 0 Å². The molecule has 0 saturated carbocycles. The highest BCUT2D eigenvalue weighted by atomic mass is 32.2. The van der Waals surface area contributed by atoms with Crippen LogP contribution < -0.4 is 4.74 Å². The van der Waals surface area contributed by atoms with Gasteiger partial charge in [0.2, 0.25) is 0 Å². The number of thioether (sulfide) groups is 1. The molecule has 0 fully saturated rings. The first-order chi connectivity index (χ1) is 8.72. The van der Waals surface area contributed by atoms with Crippen molar-refractivity contribution in [2.75, 3.05) is 7.11 Å². The smallest absolute Gasteiger partial charge is 0.136 e. The van der Waals surface area contributed by atoms with Gasteiger partial charge < -0.3 is 4.74 Å². The van der Waals surface area contributed by atoms with E-state index in [0.29, 0.717) is 11.3 Å². The zero-order valence-electron chi connectivity index (χ0n) is 10.3. The molecule has 0 N–H and O–H groups in total. The van der Waals surface area contributed by atoms with Gasteiger partial charge in [0.25, 0.3) is 0 Å². The Hall–Kier alpha value is -1.93. The van der Waals surface area contributed by atoms with Crippen molar-refractivity contribution in [3.63, 3.8) is 0 Å². The van der Waals surface area contributed by atoms with Gasteiger partial charge in [-0.25, -0.2) is 0 Å². The normalized spacial score (nSPS) is 10.1. The third-order valence-corrected chi connectivity index (χ3v) is 3.49. The molecular formula is C13H13N3OS. The van der Waals surface area contributed by atoms with Crippen molar-refractivity contribution < 1.29 is 4.74 Å². The van der Waals surface area contributed by atoms with Gasteiger partial charge in [-0.1, -0.05) is 6.07 Å². The summed E-state index contributed by atoms with van der Waals surface area (Å²) in [5, 5.41) is 13.1. The van der Waals surface area contributed by atoms with Crippen LogP contribution in [0.5, 0.6) is 5.75 Å². The summed E-state index contributed by atoms with van der Waals surface area (Å²) < 4.78 is 6.89. The van der Waals surface area contributed by atoms with E-state index in [4.69, 9.17) is 10.00 Å². The van der Waals surface area contributed by atoms with Crippen LogP contribution in [0.3, 0.4) is 0 Å². The fourth-order valence-corrected chi connectivity index (χ4v) is 2.43. The average molecular weight is 259 g/mol. The molecule has 0 spiro atoms. The van der Waals surface area contributed by atoms with E-state index in [0.717, 1.165) is 16.2 Å². The van der Waals surface area contributed by atoms with Gasteiger partial charge in [0, 0.05) is 23.9 Å². The van der Waals surface area contributed by atoms with E-state index in [9.17, 15) is 0 Å². The molecule has 2 aromatic rings. The fraction of sp³-hybridized carbons (Fsp3) is 0.231. The molecule has 1 aromatic carbocycles. The summed E-state index contributed by atoms with van der Waals surface area (Å²) in [5.74, 6) is 1.43. The van der Waals surface area contributed by atoms with Gasteiger partial charge in [-0.3, -0.25) is 4.68 Å². The van der Waals surface area contributed by atoms with E-state index >= 15 is 0 Å². The maximum atomic E-state index is 9.01. The maximum absolute atomic E-state index is 9.01. The second-order valence-electron chi connectivity index (χ2n) is 3.78. The molecular weight excluding hydrogens is 246 g/mol. The minimum Gasteiger partial charge on any atom is -0.495 e. The number of aromatic nitrogens is 2. The molecule has 0 aliphatic rings. The summed E-state index contributed by atoms with van der Waals surface area (Å²) >= 11 is 1.69. The predicted octanol–water partition coefficient (Wildman–Crippen LogP) is 2.59. The number of nitriles is 1. The number of benzene rings is 1. The minimum absolute atomic E-state index is 0.571. The van der Waals surface area contributed by atoms with Crippen molar-refractivity contribution in [2.24, 2.45) is 7.05 Å². The Morgan fingerprint density at radius 2 is 2.33 bits per heavy atom. The molecule has 18 heavy (non-hydrogen) atoms. The van der Waals surface area contributed by atoms with Gasteiger partial charge in [-0.15, -0.1) is 11.8 Å². The van der Waals surface area contributed by atoms with Crippen LogP contribution in [0, 0.1) is 11.3 Å². The molecule has 0 bridgehead atoms. The van der Waals surface area contributed by atoms with Crippen molar-refractivity contribution in [1.82, 2.24) is 9.78 Å². The van der Waals surface area contributed by atoms with Crippen molar-refractivity contribution >= 4 is 11.8 Å². The highest BCUT2D eigenvalue weighted by Crippen LogP contribution is 2.25. The highest BCUT2D eigenvalue weighted by Gasteiger charge is 2.04. The number of rotatable bonds is 4. The summed E-state index contributed by atoms with van der Waals surface area (Å²) in [6.07, 6.45) is 3.80. The summed E-state index contributed by atoms with van der Waals surface area (Å²) in [7, 11) is 3.46. The topological polar surface area (TPSA) is 50.8 Å². The van der Waals surface area contributed by atoms with Crippen LogP contribution in [0.25, 0.3) is 0 Å². The Morgan fingerprint density at radius 1 is 1.50 bits per heavy atom. The first-order valence-electron chi connectivity index (χ1n) is 5.41. The lowest BCUT2D eigenvalue weighted by molar-refractivity contribution is 0.413. The Morgan fingerprint density at radius 3 is 2.94 bits per heavy atom. The van der Waals surface area contributed by atoms with Crippen molar-refractivity contribution in [3.05, 3.63) is 41.7 Å². The van der Waals surface area contributed by atoms with Gasteiger partial charge in [0.1, 0.15) is 11.8 Å².